The van der Waals surface area contributed by atoms with Gasteiger partial charge in [0.05, 0.1) is 18.2 Å². The Morgan fingerprint density at radius 1 is 1.35 bits per heavy atom. The number of nitrogens with zero attached hydrogens (tertiary/aromatic N) is 3. The zero-order valence-electron chi connectivity index (χ0n) is 15.4. The van der Waals surface area contributed by atoms with Gasteiger partial charge in [0.25, 0.3) is 5.91 Å². The van der Waals surface area contributed by atoms with E-state index in [1.165, 1.54) is 7.05 Å². The second-order valence-corrected chi connectivity index (χ2v) is 6.53. The molecule has 2 aliphatic rings. The Morgan fingerprint density at radius 2 is 2.00 bits per heavy atom. The first-order valence-electron chi connectivity index (χ1n) is 8.95. The molecule has 2 aliphatic heterocycles. The van der Waals surface area contributed by atoms with Crippen LogP contribution in [0.15, 0.2) is 16.3 Å². The molecule has 0 aromatic rings. The number of nitrogens with two attached hydrogens (primary N) is 1. The van der Waals surface area contributed by atoms with Crippen molar-refractivity contribution in [1.82, 2.24) is 15.2 Å². The SMILES string of the molecule is CCN1C(=O)C(=C(O)CN2CCCCC2)C(=N)C(CC(=NC)NN)C1=O. The number of amides is 2. The highest BCUT2D eigenvalue weighted by Crippen LogP contribution is 2.26. The Balaban J connectivity index is 2.33. The van der Waals surface area contributed by atoms with Gasteiger partial charge in [-0.1, -0.05) is 6.42 Å². The van der Waals surface area contributed by atoms with E-state index < -0.39 is 17.7 Å². The number of aliphatic hydroxyl groups is 1. The van der Waals surface area contributed by atoms with Crippen molar-refractivity contribution in [3.8, 4) is 0 Å². The van der Waals surface area contributed by atoms with Crippen LogP contribution in [0.3, 0.4) is 0 Å². The molecule has 0 aliphatic carbocycles. The summed E-state index contributed by atoms with van der Waals surface area (Å²) in [5.74, 6) is 3.63. The molecule has 9 nitrogen and oxygen atoms in total. The van der Waals surface area contributed by atoms with Crippen LogP contribution in [0.5, 0.6) is 0 Å². The monoisotopic (exact) mass is 364 g/mol. The fourth-order valence-corrected chi connectivity index (χ4v) is 3.42. The molecule has 2 fully saturated rings. The van der Waals surface area contributed by atoms with Crippen molar-refractivity contribution in [3.05, 3.63) is 11.3 Å². The zero-order valence-corrected chi connectivity index (χ0v) is 15.4. The molecule has 0 radical (unpaired) electrons. The van der Waals surface area contributed by atoms with Gasteiger partial charge in [0.15, 0.2) is 0 Å². The molecular weight excluding hydrogens is 336 g/mol. The molecule has 2 amide bonds. The quantitative estimate of drug-likeness (QED) is 0.105. The van der Waals surface area contributed by atoms with Gasteiger partial charge >= 0.3 is 0 Å². The second kappa shape index (κ2) is 8.91. The molecule has 0 bridgehead atoms. The van der Waals surface area contributed by atoms with Gasteiger partial charge in [-0.25, -0.2) is 5.84 Å². The Bertz CT molecular complexity index is 636. The van der Waals surface area contributed by atoms with Crippen molar-refractivity contribution in [1.29, 1.82) is 5.41 Å². The molecule has 2 saturated heterocycles. The van der Waals surface area contributed by atoms with Crippen LogP contribution in [0.1, 0.15) is 32.6 Å². The highest BCUT2D eigenvalue weighted by Gasteiger charge is 2.43. The van der Waals surface area contributed by atoms with Gasteiger partial charge in [0, 0.05) is 20.0 Å². The van der Waals surface area contributed by atoms with Gasteiger partial charge in [0.2, 0.25) is 5.91 Å². The molecule has 9 heteroatoms. The Hall–Kier alpha value is -2.26. The first-order chi connectivity index (χ1) is 12.4. The van der Waals surface area contributed by atoms with Gasteiger partial charge in [-0.15, -0.1) is 0 Å². The number of carbonyl (C=O) groups is 2. The first kappa shape index (κ1) is 20.1. The number of amidine groups is 1. The minimum Gasteiger partial charge on any atom is -0.510 e. The highest BCUT2D eigenvalue weighted by molar-refractivity contribution is 6.33. The van der Waals surface area contributed by atoms with E-state index in [0.29, 0.717) is 5.84 Å². The number of likely N-dealkylation sites (N-methyl/N-ethyl adjacent to an activating group) is 1. The Kier molecular flexibility index (Phi) is 6.87. The van der Waals surface area contributed by atoms with Crippen molar-refractivity contribution in [2.75, 3.05) is 33.2 Å². The third kappa shape index (κ3) is 4.10. The maximum Gasteiger partial charge on any atom is 0.265 e. The number of likely N-dealkylation sites (tertiary alicyclic amines) is 2. The summed E-state index contributed by atoms with van der Waals surface area (Å²) < 4.78 is 0. The van der Waals surface area contributed by atoms with Gasteiger partial charge in [-0.2, -0.15) is 0 Å². The molecule has 26 heavy (non-hydrogen) atoms. The van der Waals surface area contributed by atoms with Crippen LogP contribution in [0.2, 0.25) is 0 Å². The van der Waals surface area contributed by atoms with Gasteiger partial charge in [-0.3, -0.25) is 24.4 Å². The second-order valence-electron chi connectivity index (χ2n) is 6.53. The predicted molar refractivity (Wildman–Crippen MR) is 98.9 cm³/mol. The fraction of sp³-hybridized carbons (Fsp3) is 0.647. The summed E-state index contributed by atoms with van der Waals surface area (Å²) in [6.07, 6.45) is 3.34. The molecule has 0 saturated carbocycles. The average molecular weight is 364 g/mol. The van der Waals surface area contributed by atoms with E-state index in [-0.39, 0.29) is 36.6 Å². The van der Waals surface area contributed by atoms with Crippen molar-refractivity contribution in [2.45, 2.75) is 32.6 Å². The standard InChI is InChI=1S/C17H28N6O3/c1-3-23-16(25)11(9-13(20-2)21-19)15(18)14(17(23)26)12(24)10-22-7-5-4-6-8-22/h11,18,24H,3-10,19H2,1-2H3,(H,20,21). The molecule has 0 aromatic heterocycles. The maximum absolute atomic E-state index is 12.7. The number of aliphatic hydroxyl groups excluding tert-OH is 1. The van der Waals surface area contributed by atoms with Gasteiger partial charge in [-0.05, 0) is 32.9 Å². The number of piperidine rings is 2. The summed E-state index contributed by atoms with van der Waals surface area (Å²) in [6, 6.07) is 0. The van der Waals surface area contributed by atoms with Crippen molar-refractivity contribution < 1.29 is 14.7 Å². The summed E-state index contributed by atoms with van der Waals surface area (Å²) in [5.41, 5.74) is 2.16. The van der Waals surface area contributed by atoms with E-state index in [4.69, 9.17) is 11.3 Å². The molecule has 2 rings (SSSR count). The Morgan fingerprint density at radius 3 is 2.54 bits per heavy atom. The minimum absolute atomic E-state index is 0.0745. The molecule has 0 aromatic carbocycles. The summed E-state index contributed by atoms with van der Waals surface area (Å²) >= 11 is 0. The molecule has 5 N–H and O–H groups in total. The fourth-order valence-electron chi connectivity index (χ4n) is 3.42. The number of nitrogens with one attached hydrogen (secondary N) is 2. The molecule has 0 spiro atoms. The number of carbonyl (C=O) groups excluding carboxylic acids is 2. The normalized spacial score (nSPS) is 24.9. The topological polar surface area (TPSA) is 135 Å². The van der Waals surface area contributed by atoms with Crippen LogP contribution >= 0.6 is 0 Å². The summed E-state index contributed by atoms with van der Waals surface area (Å²) in [7, 11) is 1.53. The maximum atomic E-state index is 12.7. The lowest BCUT2D eigenvalue weighted by molar-refractivity contribution is -0.144. The minimum atomic E-state index is -0.902. The van der Waals surface area contributed by atoms with Crippen LogP contribution in [0, 0.1) is 11.3 Å². The van der Waals surface area contributed by atoms with Crippen LogP contribution in [-0.4, -0.2) is 71.5 Å². The highest BCUT2D eigenvalue weighted by atomic mass is 16.3. The van der Waals surface area contributed by atoms with Crippen LogP contribution in [0.4, 0.5) is 0 Å². The third-order valence-electron chi connectivity index (χ3n) is 4.90. The summed E-state index contributed by atoms with van der Waals surface area (Å²) in [5, 5.41) is 19.0. The summed E-state index contributed by atoms with van der Waals surface area (Å²) in [4.78, 5) is 32.4. The van der Waals surface area contributed by atoms with Gasteiger partial charge in [0.1, 0.15) is 17.2 Å². The number of rotatable bonds is 5. The lowest BCUT2D eigenvalue weighted by Gasteiger charge is -2.33. The van der Waals surface area contributed by atoms with Crippen LogP contribution in [-0.2, 0) is 9.59 Å². The number of aliphatic imine (C=N–C) groups is 1. The van der Waals surface area contributed by atoms with Crippen LogP contribution in [0.25, 0.3) is 0 Å². The van der Waals surface area contributed by atoms with E-state index in [2.05, 4.69) is 15.3 Å². The smallest absolute Gasteiger partial charge is 0.265 e. The lowest BCUT2D eigenvalue weighted by atomic mass is 9.86. The number of hydrogen-bond acceptors (Lipinski definition) is 7. The number of imide groups is 1. The van der Waals surface area contributed by atoms with E-state index >= 15 is 0 Å². The third-order valence-corrected chi connectivity index (χ3v) is 4.90. The van der Waals surface area contributed by atoms with E-state index in [1.54, 1.807) is 6.92 Å². The Labute approximate surface area is 153 Å². The molecule has 2 heterocycles. The molecule has 1 atom stereocenters. The van der Waals surface area contributed by atoms with Crippen molar-refractivity contribution in [2.24, 2.45) is 16.8 Å². The summed E-state index contributed by atoms with van der Waals surface area (Å²) in [6.45, 7) is 3.78. The average Bonchev–Trinajstić information content (AvgIpc) is 2.63. The van der Waals surface area contributed by atoms with Crippen LogP contribution < -0.4 is 11.3 Å². The number of hydrazine groups is 1. The van der Waals surface area contributed by atoms with E-state index in [0.717, 1.165) is 37.3 Å². The molecule has 1 unspecified atom stereocenters. The van der Waals surface area contributed by atoms with E-state index in [1.807, 2.05) is 0 Å². The first-order valence-corrected chi connectivity index (χ1v) is 8.95. The van der Waals surface area contributed by atoms with Crippen molar-refractivity contribution in [3.63, 3.8) is 0 Å². The van der Waals surface area contributed by atoms with E-state index in [9.17, 15) is 14.7 Å². The largest absolute Gasteiger partial charge is 0.510 e. The van der Waals surface area contributed by atoms with Gasteiger partial charge < -0.3 is 15.9 Å². The number of hydrogen-bond donors (Lipinski definition) is 4. The zero-order chi connectivity index (χ0) is 19.3. The predicted octanol–water partition coefficient (Wildman–Crippen LogP) is 0.191. The van der Waals surface area contributed by atoms with Crippen molar-refractivity contribution >= 4 is 23.4 Å². The lowest BCUT2D eigenvalue weighted by Crippen LogP contribution is -2.52. The molecular formula is C17H28N6O3. The molecule has 144 valence electrons.